The van der Waals surface area contributed by atoms with Gasteiger partial charge in [0.25, 0.3) is 0 Å². The minimum absolute atomic E-state index is 0.516. The van der Waals surface area contributed by atoms with Crippen molar-refractivity contribution in [3.8, 4) is 0 Å². The van der Waals surface area contributed by atoms with Gasteiger partial charge in [-0.1, -0.05) is 20.8 Å². The molecule has 0 saturated carbocycles. The molecule has 0 aromatic carbocycles. The zero-order valence-electron chi connectivity index (χ0n) is 10.7. The van der Waals surface area contributed by atoms with Gasteiger partial charge in [0.1, 0.15) is 0 Å². The lowest BCUT2D eigenvalue weighted by atomic mass is 10.6. The van der Waals surface area contributed by atoms with E-state index < -0.39 is 7.26 Å². The molecule has 0 amide bonds. The second kappa shape index (κ2) is 7.65. The van der Waals surface area contributed by atoms with Crippen LogP contribution in [0.5, 0.6) is 0 Å². The van der Waals surface area contributed by atoms with Gasteiger partial charge in [0.15, 0.2) is 5.85 Å². The molecule has 1 unspecified atom stereocenters. The van der Waals surface area contributed by atoms with E-state index in [1.807, 2.05) is 7.11 Å². The smallest absolute Gasteiger partial charge is 0.163 e. The summed E-state index contributed by atoms with van der Waals surface area (Å²) in [5.41, 5.74) is 0. The molecule has 0 radical (unpaired) electrons. The molecule has 86 valence electrons. The maximum Gasteiger partial charge on any atom is 0.163 e. The Labute approximate surface area is 91.0 Å². The summed E-state index contributed by atoms with van der Waals surface area (Å²) in [4.78, 5) is 0. The van der Waals surface area contributed by atoms with Crippen LogP contribution in [0.2, 0.25) is 0 Å². The Morgan fingerprint density at radius 2 is 1.29 bits per heavy atom. The minimum Gasteiger partial charge on any atom is -0.347 e. The van der Waals surface area contributed by atoms with E-state index in [2.05, 4.69) is 27.7 Å². The molecule has 0 aliphatic heterocycles. The van der Waals surface area contributed by atoms with Crippen molar-refractivity contribution < 1.29 is 4.74 Å². The lowest BCUT2D eigenvalue weighted by Gasteiger charge is -2.31. The van der Waals surface area contributed by atoms with Crippen LogP contribution < -0.4 is 0 Å². The molecular formula is C12H28OP+. The molecule has 0 aliphatic carbocycles. The van der Waals surface area contributed by atoms with Gasteiger partial charge in [-0.05, 0) is 26.2 Å². The van der Waals surface area contributed by atoms with Crippen molar-refractivity contribution in [3.05, 3.63) is 0 Å². The quantitative estimate of drug-likeness (QED) is 0.555. The molecule has 1 atom stereocenters. The average molecular weight is 219 g/mol. The zero-order valence-corrected chi connectivity index (χ0v) is 11.6. The molecule has 0 N–H and O–H groups in total. The van der Waals surface area contributed by atoms with E-state index in [4.69, 9.17) is 4.74 Å². The maximum absolute atomic E-state index is 5.62. The average Bonchev–Trinajstić information content (AvgIpc) is 2.17. The predicted octanol–water partition coefficient (Wildman–Crippen LogP) is 4.23. The van der Waals surface area contributed by atoms with Crippen molar-refractivity contribution in [2.45, 2.75) is 52.8 Å². The molecule has 0 bridgehead atoms. The third-order valence-corrected chi connectivity index (χ3v) is 8.89. The first-order chi connectivity index (χ1) is 6.66. The van der Waals surface area contributed by atoms with E-state index in [0.717, 1.165) is 0 Å². The van der Waals surface area contributed by atoms with E-state index in [-0.39, 0.29) is 0 Å². The second-order valence-corrected chi connectivity index (χ2v) is 8.73. The molecule has 0 heterocycles. The Balaban J connectivity index is 4.53. The number of hydrogen-bond donors (Lipinski definition) is 0. The summed E-state index contributed by atoms with van der Waals surface area (Å²) in [5.74, 6) is 0.516. The summed E-state index contributed by atoms with van der Waals surface area (Å²) < 4.78 is 5.62. The Morgan fingerprint density at radius 1 is 0.929 bits per heavy atom. The van der Waals surface area contributed by atoms with E-state index in [0.29, 0.717) is 5.85 Å². The molecule has 0 spiro atoms. The van der Waals surface area contributed by atoms with Gasteiger partial charge in [0.05, 0.1) is 18.5 Å². The first kappa shape index (κ1) is 14.4. The molecule has 0 aromatic heterocycles. The fourth-order valence-electron chi connectivity index (χ4n) is 2.44. The first-order valence-corrected chi connectivity index (χ1v) is 8.46. The van der Waals surface area contributed by atoms with Crippen LogP contribution in [0.4, 0.5) is 0 Å². The normalized spacial score (nSPS) is 14.4. The third kappa shape index (κ3) is 3.87. The van der Waals surface area contributed by atoms with Crippen LogP contribution in [0.15, 0.2) is 0 Å². The second-order valence-electron chi connectivity index (χ2n) is 4.22. The highest BCUT2D eigenvalue weighted by Crippen LogP contribution is 2.64. The lowest BCUT2D eigenvalue weighted by Crippen LogP contribution is -2.20. The largest absolute Gasteiger partial charge is 0.347 e. The van der Waals surface area contributed by atoms with Gasteiger partial charge in [0.2, 0.25) is 0 Å². The topological polar surface area (TPSA) is 9.23 Å². The lowest BCUT2D eigenvalue weighted by molar-refractivity contribution is 0.179. The van der Waals surface area contributed by atoms with Crippen molar-refractivity contribution in [1.29, 1.82) is 0 Å². The maximum atomic E-state index is 5.62. The Hall–Kier alpha value is 0.390. The van der Waals surface area contributed by atoms with Crippen LogP contribution in [-0.2, 0) is 4.74 Å². The van der Waals surface area contributed by atoms with Crippen LogP contribution in [0.25, 0.3) is 0 Å². The summed E-state index contributed by atoms with van der Waals surface area (Å²) in [6, 6.07) is 0. The van der Waals surface area contributed by atoms with E-state index in [1.54, 1.807) is 0 Å². The Morgan fingerprint density at radius 3 is 1.50 bits per heavy atom. The highest BCUT2D eigenvalue weighted by Gasteiger charge is 2.40. The molecule has 0 aromatic rings. The fraction of sp³-hybridized carbons (Fsp3) is 1.00. The van der Waals surface area contributed by atoms with Gasteiger partial charge in [-0.25, -0.2) is 0 Å². The fourth-order valence-corrected chi connectivity index (χ4v) is 7.32. The molecule has 0 aliphatic rings. The Kier molecular flexibility index (Phi) is 7.86. The molecular weight excluding hydrogens is 191 g/mol. The summed E-state index contributed by atoms with van der Waals surface area (Å²) >= 11 is 0. The molecule has 14 heavy (non-hydrogen) atoms. The number of ether oxygens (including phenoxy) is 1. The molecule has 1 nitrogen and oxygen atoms in total. The summed E-state index contributed by atoms with van der Waals surface area (Å²) in [6.07, 6.45) is 8.22. The van der Waals surface area contributed by atoms with Crippen molar-refractivity contribution in [3.63, 3.8) is 0 Å². The van der Waals surface area contributed by atoms with Crippen LogP contribution in [0, 0.1) is 0 Å². The van der Waals surface area contributed by atoms with Crippen molar-refractivity contribution in [2.24, 2.45) is 0 Å². The number of rotatable bonds is 8. The Bertz CT molecular complexity index is 119. The number of hydrogen-bond acceptors (Lipinski definition) is 1. The van der Waals surface area contributed by atoms with Crippen molar-refractivity contribution >= 4 is 7.26 Å². The minimum atomic E-state index is -0.809. The first-order valence-electron chi connectivity index (χ1n) is 6.05. The summed E-state index contributed by atoms with van der Waals surface area (Å²) in [6.45, 7) is 9.21. The summed E-state index contributed by atoms with van der Waals surface area (Å²) in [7, 11) is 1.07. The zero-order chi connectivity index (χ0) is 11.0. The highest BCUT2D eigenvalue weighted by atomic mass is 31.2. The van der Waals surface area contributed by atoms with Crippen molar-refractivity contribution in [2.75, 3.05) is 25.6 Å². The van der Waals surface area contributed by atoms with Gasteiger partial charge < -0.3 is 4.74 Å². The van der Waals surface area contributed by atoms with Gasteiger partial charge in [-0.15, -0.1) is 0 Å². The van der Waals surface area contributed by atoms with Crippen LogP contribution in [-0.4, -0.2) is 31.4 Å². The van der Waals surface area contributed by atoms with Crippen molar-refractivity contribution in [1.82, 2.24) is 0 Å². The SMILES string of the molecule is CCC[P+](CCC)(CCC)C(C)OC. The highest BCUT2D eigenvalue weighted by molar-refractivity contribution is 7.76. The van der Waals surface area contributed by atoms with E-state index >= 15 is 0 Å². The van der Waals surface area contributed by atoms with Gasteiger partial charge >= 0.3 is 0 Å². The number of methoxy groups -OCH3 is 1. The van der Waals surface area contributed by atoms with Crippen LogP contribution >= 0.6 is 7.26 Å². The monoisotopic (exact) mass is 219 g/mol. The van der Waals surface area contributed by atoms with E-state index in [9.17, 15) is 0 Å². The van der Waals surface area contributed by atoms with Gasteiger partial charge in [-0.3, -0.25) is 0 Å². The van der Waals surface area contributed by atoms with Gasteiger partial charge in [0, 0.05) is 14.4 Å². The van der Waals surface area contributed by atoms with E-state index in [1.165, 1.54) is 37.7 Å². The summed E-state index contributed by atoms with van der Waals surface area (Å²) in [5, 5.41) is 0. The predicted molar refractivity (Wildman–Crippen MR) is 68.9 cm³/mol. The molecule has 0 saturated heterocycles. The van der Waals surface area contributed by atoms with Crippen LogP contribution in [0.1, 0.15) is 47.0 Å². The standard InChI is InChI=1S/C12H28OP/c1-6-9-14(10-7-2,11-8-3)12(4)13-5/h12H,6-11H2,1-5H3/q+1. The third-order valence-electron chi connectivity index (χ3n) is 3.12. The molecule has 0 fully saturated rings. The van der Waals surface area contributed by atoms with Gasteiger partial charge in [-0.2, -0.15) is 0 Å². The molecule has 0 rings (SSSR count). The molecule has 2 heteroatoms. The van der Waals surface area contributed by atoms with Crippen LogP contribution in [0.3, 0.4) is 0 Å².